The van der Waals surface area contributed by atoms with Gasteiger partial charge in [0.25, 0.3) is 0 Å². The zero-order valence-corrected chi connectivity index (χ0v) is 15.9. The topological polar surface area (TPSA) is 22.4 Å². The third kappa shape index (κ3) is 3.77. The smallest absolute Gasteiger partial charge is 0.193 e. The highest BCUT2D eigenvalue weighted by Crippen LogP contribution is 2.42. The number of furan rings is 1. The molecule has 1 aromatic carbocycles. The summed E-state index contributed by atoms with van der Waals surface area (Å²) in [6.45, 7) is 13.1. The molecule has 2 nitrogen and oxygen atoms in total. The van der Waals surface area contributed by atoms with Gasteiger partial charge in [0.05, 0.1) is 0 Å². The molecule has 1 aromatic heterocycles. The van der Waals surface area contributed by atoms with E-state index in [0.717, 1.165) is 22.6 Å². The number of terminal acetylenes is 1. The Hall–Kier alpha value is -1.76. The molecule has 2 aromatic rings. The van der Waals surface area contributed by atoms with Crippen LogP contribution in [0, 0.1) is 19.3 Å². The highest BCUT2D eigenvalue weighted by atomic mass is 28.4. The third-order valence-electron chi connectivity index (χ3n) is 4.64. The maximum absolute atomic E-state index is 6.68. The number of hydrogen-bond acceptors (Lipinski definition) is 2. The van der Waals surface area contributed by atoms with E-state index >= 15 is 0 Å². The van der Waals surface area contributed by atoms with E-state index in [9.17, 15) is 0 Å². The minimum atomic E-state index is -1.99. The van der Waals surface area contributed by atoms with E-state index in [-0.39, 0.29) is 11.1 Å². The van der Waals surface area contributed by atoms with Crippen LogP contribution in [-0.4, -0.2) is 8.32 Å². The van der Waals surface area contributed by atoms with E-state index in [1.54, 1.807) is 0 Å². The van der Waals surface area contributed by atoms with Gasteiger partial charge in [0.1, 0.15) is 17.6 Å². The maximum atomic E-state index is 6.68. The van der Waals surface area contributed by atoms with Gasteiger partial charge in [0.15, 0.2) is 8.32 Å². The Bertz CT molecular complexity index is 714. The van der Waals surface area contributed by atoms with Crippen molar-refractivity contribution in [2.24, 2.45) is 0 Å². The largest absolute Gasteiger partial charge is 0.463 e. The SMILES string of the molecule is C#Cc1ccccc1C(O[Si](C)(C)C(C)(C)C)c1ccc(C)o1. The van der Waals surface area contributed by atoms with Crippen LogP contribution in [0.5, 0.6) is 0 Å². The summed E-state index contributed by atoms with van der Waals surface area (Å²) in [4.78, 5) is 0. The van der Waals surface area contributed by atoms with E-state index in [0.29, 0.717) is 0 Å². The van der Waals surface area contributed by atoms with Crippen LogP contribution in [0.3, 0.4) is 0 Å². The molecule has 1 unspecified atom stereocenters. The molecule has 0 amide bonds. The van der Waals surface area contributed by atoms with Gasteiger partial charge in [0.2, 0.25) is 0 Å². The van der Waals surface area contributed by atoms with Crippen molar-refractivity contribution in [3.8, 4) is 12.3 Å². The van der Waals surface area contributed by atoms with Crippen molar-refractivity contribution in [1.82, 2.24) is 0 Å². The van der Waals surface area contributed by atoms with Gasteiger partial charge in [-0.15, -0.1) is 6.42 Å². The molecule has 1 heterocycles. The summed E-state index contributed by atoms with van der Waals surface area (Å²) in [7, 11) is -1.99. The van der Waals surface area contributed by atoms with E-state index in [1.165, 1.54) is 0 Å². The van der Waals surface area contributed by atoms with Crippen molar-refractivity contribution in [1.29, 1.82) is 0 Å². The normalized spacial score (nSPS) is 13.6. The number of benzene rings is 1. The number of aryl methyl sites for hydroxylation is 1. The average molecular weight is 327 g/mol. The second-order valence-electron chi connectivity index (χ2n) is 7.44. The molecule has 1 atom stereocenters. The van der Waals surface area contributed by atoms with Gasteiger partial charge in [-0.05, 0) is 43.3 Å². The van der Waals surface area contributed by atoms with Crippen molar-refractivity contribution >= 4 is 8.32 Å². The van der Waals surface area contributed by atoms with E-state index in [4.69, 9.17) is 15.3 Å². The zero-order valence-electron chi connectivity index (χ0n) is 14.9. The Morgan fingerprint density at radius 1 is 1.13 bits per heavy atom. The summed E-state index contributed by atoms with van der Waals surface area (Å²) in [5, 5.41) is 0.109. The molecule has 0 spiro atoms. The van der Waals surface area contributed by atoms with Gasteiger partial charge in [-0.1, -0.05) is 44.9 Å². The van der Waals surface area contributed by atoms with Crippen LogP contribution in [-0.2, 0) is 4.43 Å². The molecule has 0 saturated carbocycles. The number of rotatable bonds is 4. The Morgan fingerprint density at radius 2 is 1.78 bits per heavy atom. The average Bonchev–Trinajstić information content (AvgIpc) is 2.90. The second-order valence-corrected chi connectivity index (χ2v) is 12.2. The van der Waals surface area contributed by atoms with Gasteiger partial charge in [0, 0.05) is 11.1 Å². The van der Waals surface area contributed by atoms with Gasteiger partial charge < -0.3 is 8.84 Å². The molecule has 0 aliphatic heterocycles. The van der Waals surface area contributed by atoms with Crippen molar-refractivity contribution in [2.45, 2.75) is 51.9 Å². The van der Waals surface area contributed by atoms with Crippen LogP contribution >= 0.6 is 0 Å². The molecule has 0 saturated heterocycles. The Morgan fingerprint density at radius 3 is 2.30 bits per heavy atom. The fourth-order valence-corrected chi connectivity index (χ4v) is 3.38. The highest BCUT2D eigenvalue weighted by Gasteiger charge is 2.40. The van der Waals surface area contributed by atoms with Gasteiger partial charge in [-0.3, -0.25) is 0 Å². The van der Waals surface area contributed by atoms with Crippen molar-refractivity contribution < 1.29 is 8.84 Å². The first kappa shape index (κ1) is 17.6. The van der Waals surface area contributed by atoms with E-state index in [2.05, 4.69) is 39.8 Å². The molecular formula is C20H26O2Si. The first-order valence-electron chi connectivity index (χ1n) is 7.95. The predicted octanol–water partition coefficient (Wildman–Crippen LogP) is 5.68. The van der Waals surface area contributed by atoms with Gasteiger partial charge >= 0.3 is 0 Å². The monoisotopic (exact) mass is 326 g/mol. The standard InChI is InChI=1S/C20H26O2Si/c1-8-16-11-9-10-12-17(16)19(18-14-13-15(2)21-18)22-23(6,7)20(3,4)5/h1,9-14,19H,2-7H3. The van der Waals surface area contributed by atoms with Crippen molar-refractivity contribution in [2.75, 3.05) is 0 Å². The molecule has 2 rings (SSSR count). The van der Waals surface area contributed by atoms with Crippen LogP contribution in [0.15, 0.2) is 40.8 Å². The zero-order chi connectivity index (χ0) is 17.3. The molecule has 3 heteroatoms. The second kappa shape index (κ2) is 6.39. The summed E-state index contributed by atoms with van der Waals surface area (Å²) in [6.07, 6.45) is 5.43. The van der Waals surface area contributed by atoms with Crippen LogP contribution < -0.4 is 0 Å². The van der Waals surface area contributed by atoms with Crippen molar-refractivity contribution in [3.05, 3.63) is 59.0 Å². The lowest BCUT2D eigenvalue weighted by molar-refractivity contribution is 0.192. The van der Waals surface area contributed by atoms with E-state index in [1.807, 2.05) is 43.3 Å². The van der Waals surface area contributed by atoms with Crippen molar-refractivity contribution in [3.63, 3.8) is 0 Å². The summed E-state index contributed by atoms with van der Waals surface area (Å²) >= 11 is 0. The lowest BCUT2D eigenvalue weighted by Gasteiger charge is -2.39. The molecule has 23 heavy (non-hydrogen) atoms. The Kier molecular flexibility index (Phi) is 4.89. The summed E-state index contributed by atoms with van der Waals surface area (Å²) in [5.41, 5.74) is 1.85. The number of hydrogen-bond donors (Lipinski definition) is 0. The summed E-state index contributed by atoms with van der Waals surface area (Å²) in [5.74, 6) is 4.46. The van der Waals surface area contributed by atoms with Crippen LogP contribution in [0.2, 0.25) is 18.1 Å². The summed E-state index contributed by atoms with van der Waals surface area (Å²) in [6, 6.07) is 11.9. The third-order valence-corrected chi connectivity index (χ3v) is 9.07. The molecular weight excluding hydrogens is 300 g/mol. The molecule has 0 N–H and O–H groups in total. The molecule has 0 aliphatic rings. The fraction of sp³-hybridized carbons (Fsp3) is 0.400. The van der Waals surface area contributed by atoms with E-state index < -0.39 is 8.32 Å². The molecule has 122 valence electrons. The maximum Gasteiger partial charge on any atom is 0.193 e. The quantitative estimate of drug-likeness (QED) is 0.532. The van der Waals surface area contributed by atoms with Crippen LogP contribution in [0.4, 0.5) is 0 Å². The minimum Gasteiger partial charge on any atom is -0.463 e. The molecule has 0 bridgehead atoms. The Balaban J connectivity index is 2.52. The van der Waals surface area contributed by atoms with Crippen LogP contribution in [0.25, 0.3) is 0 Å². The lowest BCUT2D eigenvalue weighted by Crippen LogP contribution is -2.42. The first-order valence-corrected chi connectivity index (χ1v) is 10.9. The molecule has 0 radical (unpaired) electrons. The molecule has 0 aliphatic carbocycles. The lowest BCUT2D eigenvalue weighted by atomic mass is 10.0. The van der Waals surface area contributed by atoms with Crippen LogP contribution in [0.1, 0.15) is 49.5 Å². The molecule has 0 fully saturated rings. The first-order chi connectivity index (χ1) is 10.7. The fourth-order valence-electron chi connectivity index (χ4n) is 2.20. The summed E-state index contributed by atoms with van der Waals surface area (Å²) < 4.78 is 12.6. The Labute approximate surface area is 141 Å². The predicted molar refractivity (Wildman–Crippen MR) is 97.9 cm³/mol. The van der Waals surface area contributed by atoms with Gasteiger partial charge in [-0.25, -0.2) is 0 Å². The highest BCUT2D eigenvalue weighted by molar-refractivity contribution is 6.74. The minimum absolute atomic E-state index is 0.109. The van der Waals surface area contributed by atoms with Gasteiger partial charge in [-0.2, -0.15) is 0 Å².